The van der Waals surface area contributed by atoms with Gasteiger partial charge in [-0.3, -0.25) is 14.2 Å². The first-order valence-electron chi connectivity index (χ1n) is 21.1. The smallest absolute Gasteiger partial charge is 0.306 e. The minimum absolute atomic E-state index is 0.0471. The van der Waals surface area contributed by atoms with E-state index in [-0.39, 0.29) is 32.2 Å². The number of hydrogen-bond acceptors (Lipinski definition) is 9. The minimum atomic E-state index is -4.64. The predicted molar refractivity (Wildman–Crippen MR) is 223 cm³/mol. The third-order valence-electron chi connectivity index (χ3n) is 8.71. The van der Waals surface area contributed by atoms with Gasteiger partial charge >= 0.3 is 11.9 Å². The third kappa shape index (κ3) is 39.7. The van der Waals surface area contributed by atoms with Gasteiger partial charge in [0.25, 0.3) is 7.82 Å². The summed E-state index contributed by atoms with van der Waals surface area (Å²) in [7, 11) is 1.11. The fourth-order valence-corrected chi connectivity index (χ4v) is 5.96. The van der Waals surface area contributed by atoms with Crippen molar-refractivity contribution >= 4 is 19.8 Å². The second kappa shape index (κ2) is 36.0. The minimum Gasteiger partial charge on any atom is -0.756 e. The summed E-state index contributed by atoms with van der Waals surface area (Å²) in [5, 5.41) is 9.47. The molecule has 0 saturated carbocycles. The van der Waals surface area contributed by atoms with Crippen molar-refractivity contribution in [2.75, 3.05) is 47.5 Å². The summed E-state index contributed by atoms with van der Waals surface area (Å²) in [4.78, 5) is 37.4. The number of quaternary nitrogens is 1. The van der Waals surface area contributed by atoms with Gasteiger partial charge in [-0.25, -0.2) is 0 Å². The fourth-order valence-electron chi connectivity index (χ4n) is 5.23. The van der Waals surface area contributed by atoms with Gasteiger partial charge < -0.3 is 33.0 Å². The van der Waals surface area contributed by atoms with Gasteiger partial charge in [0.1, 0.15) is 19.8 Å². The Morgan fingerprint density at radius 1 is 0.673 bits per heavy atom. The first kappa shape index (κ1) is 52.7. The Morgan fingerprint density at radius 3 is 1.76 bits per heavy atom. The lowest BCUT2D eigenvalue weighted by molar-refractivity contribution is -0.870. The molecule has 0 aromatic heterocycles. The number of aliphatic hydroxyl groups excluding tert-OH is 1. The molecule has 0 aliphatic carbocycles. The van der Waals surface area contributed by atoms with Crippen LogP contribution in [0.5, 0.6) is 0 Å². The molecule has 10 nitrogen and oxygen atoms in total. The highest BCUT2D eigenvalue weighted by molar-refractivity contribution is 7.45. The van der Waals surface area contributed by atoms with E-state index >= 15 is 0 Å². The molecule has 0 aromatic rings. The lowest BCUT2D eigenvalue weighted by Gasteiger charge is -2.28. The summed E-state index contributed by atoms with van der Waals surface area (Å²) in [5.41, 5.74) is 0. The monoisotopic (exact) mass is 796 g/mol. The first-order valence-corrected chi connectivity index (χ1v) is 22.6. The van der Waals surface area contributed by atoms with Crippen molar-refractivity contribution < 1.29 is 47.2 Å². The van der Waals surface area contributed by atoms with Crippen LogP contribution < -0.4 is 4.89 Å². The summed E-state index contributed by atoms with van der Waals surface area (Å²) in [6.45, 7) is 3.80. The highest BCUT2D eigenvalue weighted by Gasteiger charge is 2.21. The topological polar surface area (TPSA) is 131 Å². The zero-order valence-electron chi connectivity index (χ0n) is 35.2. The third-order valence-corrected chi connectivity index (χ3v) is 9.67. The van der Waals surface area contributed by atoms with Crippen LogP contribution in [0.25, 0.3) is 0 Å². The van der Waals surface area contributed by atoms with E-state index in [0.717, 1.165) is 38.5 Å². The Kier molecular flexibility index (Phi) is 34.5. The molecule has 0 radical (unpaired) electrons. The molecule has 0 bridgehead atoms. The van der Waals surface area contributed by atoms with Gasteiger partial charge in [0.15, 0.2) is 6.10 Å². The predicted octanol–water partition coefficient (Wildman–Crippen LogP) is 10.0. The van der Waals surface area contributed by atoms with Gasteiger partial charge in [0.2, 0.25) is 0 Å². The van der Waals surface area contributed by atoms with E-state index in [9.17, 15) is 24.2 Å². The van der Waals surface area contributed by atoms with Crippen molar-refractivity contribution in [3.8, 4) is 0 Å². The molecule has 1 N–H and O–H groups in total. The number of phosphoric ester groups is 1. The Hall–Kier alpha value is -2.33. The van der Waals surface area contributed by atoms with Crippen molar-refractivity contribution in [1.82, 2.24) is 0 Å². The van der Waals surface area contributed by atoms with Gasteiger partial charge in [-0.05, 0) is 44.9 Å². The molecule has 0 amide bonds. The number of likely N-dealkylation sites (N-methyl/N-ethyl adjacent to an activating group) is 1. The zero-order valence-corrected chi connectivity index (χ0v) is 36.1. The Labute approximate surface area is 335 Å². The molecule has 0 spiro atoms. The summed E-state index contributed by atoms with van der Waals surface area (Å²) in [6, 6.07) is 0. The van der Waals surface area contributed by atoms with Crippen LogP contribution in [0, 0.1) is 0 Å². The quantitative estimate of drug-likeness (QED) is 0.0163. The number of phosphoric acid groups is 1. The van der Waals surface area contributed by atoms with E-state index in [4.69, 9.17) is 18.5 Å². The maximum Gasteiger partial charge on any atom is 0.306 e. The molecule has 11 heteroatoms. The lowest BCUT2D eigenvalue weighted by Crippen LogP contribution is -2.37. The number of esters is 2. The number of carbonyl (C=O) groups excluding carboxylic acids is 2. The average Bonchev–Trinajstić information content (AvgIpc) is 3.13. The van der Waals surface area contributed by atoms with E-state index in [0.29, 0.717) is 36.7 Å². The van der Waals surface area contributed by atoms with E-state index in [1.165, 1.54) is 57.8 Å². The number of allylic oxidation sites excluding steroid dienone is 9. The van der Waals surface area contributed by atoms with Gasteiger partial charge in [0, 0.05) is 12.8 Å². The summed E-state index contributed by atoms with van der Waals surface area (Å²) in [6.07, 6.45) is 39.2. The van der Waals surface area contributed by atoms with Crippen molar-refractivity contribution in [2.24, 2.45) is 0 Å². The molecule has 0 saturated heterocycles. The molecule has 0 aliphatic heterocycles. The van der Waals surface area contributed by atoms with Crippen LogP contribution in [0.3, 0.4) is 0 Å². The van der Waals surface area contributed by atoms with Gasteiger partial charge in [-0.1, -0.05) is 152 Å². The van der Waals surface area contributed by atoms with Crippen molar-refractivity contribution in [1.29, 1.82) is 0 Å². The van der Waals surface area contributed by atoms with Gasteiger partial charge in [-0.15, -0.1) is 0 Å². The highest BCUT2D eigenvalue weighted by atomic mass is 31.2. The Balaban J connectivity index is 4.50. The summed E-state index contributed by atoms with van der Waals surface area (Å²) >= 11 is 0. The summed E-state index contributed by atoms with van der Waals surface area (Å²) < 4.78 is 33.7. The number of aliphatic hydroxyl groups is 1. The van der Waals surface area contributed by atoms with E-state index in [1.54, 1.807) is 6.08 Å². The molecule has 1 unspecified atom stereocenters. The van der Waals surface area contributed by atoms with Crippen LogP contribution in [0.1, 0.15) is 149 Å². The molecule has 0 fully saturated rings. The van der Waals surface area contributed by atoms with Crippen LogP contribution in [0.4, 0.5) is 0 Å². The number of ether oxygens (including phenoxy) is 2. The molecule has 0 aromatic carbocycles. The Bertz CT molecular complexity index is 1140. The molecule has 3 atom stereocenters. The van der Waals surface area contributed by atoms with Crippen molar-refractivity contribution in [3.05, 3.63) is 60.8 Å². The molecular weight excluding hydrogens is 717 g/mol. The molecule has 55 heavy (non-hydrogen) atoms. The van der Waals surface area contributed by atoms with Crippen molar-refractivity contribution in [2.45, 2.75) is 161 Å². The normalized spacial score (nSPS) is 14.8. The molecular formula is C44H78NO9P. The van der Waals surface area contributed by atoms with Crippen LogP contribution >= 0.6 is 7.82 Å². The largest absolute Gasteiger partial charge is 0.756 e. The van der Waals surface area contributed by atoms with E-state index < -0.39 is 32.5 Å². The molecule has 0 aliphatic rings. The van der Waals surface area contributed by atoms with E-state index in [2.05, 4.69) is 37.3 Å². The lowest BCUT2D eigenvalue weighted by atomic mass is 10.0. The second-order valence-electron chi connectivity index (χ2n) is 15.2. The Morgan fingerprint density at radius 2 is 1.20 bits per heavy atom. The van der Waals surface area contributed by atoms with Crippen LogP contribution in [0.15, 0.2) is 60.8 Å². The number of hydrogen-bond donors (Lipinski definition) is 1. The molecule has 0 rings (SSSR count). The highest BCUT2D eigenvalue weighted by Crippen LogP contribution is 2.38. The maximum absolute atomic E-state index is 12.6. The number of rotatable bonds is 37. The standard InChI is InChI=1S/C44H78NO9P/c1-6-8-9-10-11-12-13-16-21-24-27-30-33-36-44(48)54-42(40-53-55(49,50)52-38-37-45(3,4)5)39-51-43(47)35-32-29-26-23-20-18-15-14-17-19-22-25-28-31-34-41(46)7-2/h15,17-19,23,25-26,28,31,34,41-42,46H,6-14,16,20-22,24,27,29-30,32-33,35-40H2,1-5H3/b18-15-,19-17-,26-23-,28-25-,34-31+/t41-,42+/m0/s1. The number of unbranched alkanes of at least 4 members (excludes halogenated alkanes) is 13. The molecule has 0 heterocycles. The maximum atomic E-state index is 12.6. The van der Waals surface area contributed by atoms with Crippen LogP contribution in [0.2, 0.25) is 0 Å². The van der Waals surface area contributed by atoms with Crippen LogP contribution in [-0.2, 0) is 32.7 Å². The van der Waals surface area contributed by atoms with Crippen LogP contribution in [-0.4, -0.2) is 81.2 Å². The average molecular weight is 796 g/mol. The number of nitrogens with zero attached hydrogens (tertiary/aromatic N) is 1. The van der Waals surface area contributed by atoms with E-state index in [1.807, 2.05) is 52.4 Å². The zero-order chi connectivity index (χ0) is 40.9. The van der Waals surface area contributed by atoms with Crippen molar-refractivity contribution in [3.63, 3.8) is 0 Å². The second-order valence-corrected chi connectivity index (χ2v) is 16.6. The fraction of sp³-hybridized carbons (Fsp3) is 0.727. The molecule has 318 valence electrons. The van der Waals surface area contributed by atoms with Gasteiger partial charge in [0.05, 0.1) is 33.9 Å². The number of carbonyl (C=O) groups is 2. The SMILES string of the molecule is CCCCCCCCCCCCCCCC(=O)O[C@H](COC(=O)CCC/C=C\C/C=C\C/C=C\C/C=C\C=C\[C@@H](O)CC)COP(=O)([O-])OCC[N+](C)(C)C. The first-order chi connectivity index (χ1) is 26.4. The van der Waals surface area contributed by atoms with Gasteiger partial charge in [-0.2, -0.15) is 0 Å². The summed E-state index contributed by atoms with van der Waals surface area (Å²) in [5.74, 6) is -0.925.